The molecule has 15 heavy (non-hydrogen) atoms. The van der Waals surface area contributed by atoms with Crippen LogP contribution in [-0.4, -0.2) is 37.7 Å². The van der Waals surface area contributed by atoms with Crippen LogP contribution < -0.4 is 5.32 Å². The molecule has 0 amide bonds. The highest BCUT2D eigenvalue weighted by Gasteiger charge is 2.13. The second kappa shape index (κ2) is 8.23. The third kappa shape index (κ3) is 6.90. The minimum atomic E-state index is -0.389. The zero-order valence-corrected chi connectivity index (χ0v) is 9.54. The van der Waals surface area contributed by atoms with Crippen LogP contribution in [0.4, 0.5) is 0 Å². The second-order valence-electron chi connectivity index (χ2n) is 2.98. The van der Waals surface area contributed by atoms with Crippen LogP contribution in [0.2, 0.25) is 0 Å². The predicted molar refractivity (Wildman–Crippen MR) is 55.3 cm³/mol. The average molecular weight is 217 g/mol. The van der Waals surface area contributed by atoms with E-state index in [-0.39, 0.29) is 24.4 Å². The van der Waals surface area contributed by atoms with Crippen LogP contribution in [0.1, 0.15) is 27.2 Å². The van der Waals surface area contributed by atoms with Crippen LogP contribution in [-0.2, 0) is 19.1 Å². The molecular weight excluding hydrogens is 198 g/mol. The van der Waals surface area contributed by atoms with Crippen LogP contribution in [0.15, 0.2) is 0 Å². The van der Waals surface area contributed by atoms with E-state index >= 15 is 0 Å². The highest BCUT2D eigenvalue weighted by atomic mass is 16.5. The summed E-state index contributed by atoms with van der Waals surface area (Å²) in [6.07, 6.45) is 0.261. The molecule has 0 aliphatic carbocycles. The highest BCUT2D eigenvalue weighted by molar-refractivity contribution is 5.75. The Labute approximate surface area is 90.1 Å². The largest absolute Gasteiger partial charge is 0.466 e. The maximum Gasteiger partial charge on any atom is 0.322 e. The van der Waals surface area contributed by atoms with E-state index in [0.717, 1.165) is 0 Å². The average Bonchev–Trinajstić information content (AvgIpc) is 2.18. The fraction of sp³-hybridized carbons (Fsp3) is 0.800. The van der Waals surface area contributed by atoms with Crippen LogP contribution in [0, 0.1) is 0 Å². The molecule has 0 heterocycles. The molecule has 1 atom stereocenters. The van der Waals surface area contributed by atoms with Gasteiger partial charge in [-0.15, -0.1) is 0 Å². The third-order valence-corrected chi connectivity index (χ3v) is 1.73. The van der Waals surface area contributed by atoms with Crippen LogP contribution in [0.3, 0.4) is 0 Å². The lowest BCUT2D eigenvalue weighted by Gasteiger charge is -2.11. The normalized spacial score (nSPS) is 11.9. The molecule has 5 nitrogen and oxygen atoms in total. The summed E-state index contributed by atoms with van der Waals surface area (Å²) in [7, 11) is 0. The summed E-state index contributed by atoms with van der Waals surface area (Å²) < 4.78 is 9.53. The van der Waals surface area contributed by atoms with Gasteiger partial charge in [0.2, 0.25) is 0 Å². The van der Waals surface area contributed by atoms with Gasteiger partial charge in [0.15, 0.2) is 0 Å². The minimum Gasteiger partial charge on any atom is -0.466 e. The molecule has 0 saturated carbocycles. The van der Waals surface area contributed by atoms with Crippen molar-refractivity contribution in [3.63, 3.8) is 0 Å². The topological polar surface area (TPSA) is 64.6 Å². The Balaban J connectivity index is 3.58. The number of hydrogen-bond donors (Lipinski definition) is 1. The number of rotatable bonds is 7. The van der Waals surface area contributed by atoms with Crippen molar-refractivity contribution in [3.8, 4) is 0 Å². The van der Waals surface area contributed by atoms with Crippen LogP contribution in [0.25, 0.3) is 0 Å². The van der Waals surface area contributed by atoms with Crippen molar-refractivity contribution in [1.82, 2.24) is 5.32 Å². The zero-order chi connectivity index (χ0) is 11.7. The van der Waals surface area contributed by atoms with E-state index in [1.165, 1.54) is 0 Å². The van der Waals surface area contributed by atoms with E-state index in [1.54, 1.807) is 20.8 Å². The maximum absolute atomic E-state index is 11.1. The Morgan fingerprint density at radius 1 is 1.20 bits per heavy atom. The number of nitrogens with one attached hydrogen (secondary N) is 1. The molecule has 88 valence electrons. The minimum absolute atomic E-state index is 0.261. The summed E-state index contributed by atoms with van der Waals surface area (Å²) in [6.45, 7) is 6.37. The molecule has 0 aromatic carbocycles. The van der Waals surface area contributed by atoms with Gasteiger partial charge in [-0.2, -0.15) is 0 Å². The van der Waals surface area contributed by atoms with E-state index in [4.69, 9.17) is 9.47 Å². The van der Waals surface area contributed by atoms with E-state index in [2.05, 4.69) is 5.32 Å². The van der Waals surface area contributed by atoms with Gasteiger partial charge in [0.1, 0.15) is 6.04 Å². The number of carbonyl (C=O) groups is 2. The van der Waals surface area contributed by atoms with Crippen molar-refractivity contribution >= 4 is 11.9 Å². The molecule has 0 unspecified atom stereocenters. The molecule has 0 radical (unpaired) electrons. The van der Waals surface area contributed by atoms with E-state index in [0.29, 0.717) is 19.8 Å². The van der Waals surface area contributed by atoms with E-state index < -0.39 is 0 Å². The van der Waals surface area contributed by atoms with Gasteiger partial charge in [-0.3, -0.25) is 9.59 Å². The molecule has 5 heteroatoms. The third-order valence-electron chi connectivity index (χ3n) is 1.73. The maximum atomic E-state index is 11.1. The predicted octanol–water partition coefficient (Wildman–Crippen LogP) is 0.481. The first-order chi connectivity index (χ1) is 7.11. The lowest BCUT2D eigenvalue weighted by Crippen LogP contribution is -2.36. The molecular formula is C10H19NO4. The summed E-state index contributed by atoms with van der Waals surface area (Å²) in [5.41, 5.74) is 0. The number of ether oxygens (including phenoxy) is 2. The van der Waals surface area contributed by atoms with E-state index in [1.807, 2.05) is 0 Å². The fourth-order valence-corrected chi connectivity index (χ4v) is 0.974. The standard InChI is InChI=1S/C10H19NO4/c1-4-14-9(12)6-7-11-8(3)10(13)15-5-2/h8,11H,4-7H2,1-3H3/t8-/m0/s1. The van der Waals surface area contributed by atoms with Gasteiger partial charge in [-0.25, -0.2) is 0 Å². The SMILES string of the molecule is CCOC(=O)CCN[C@@H](C)C(=O)OCC. The van der Waals surface area contributed by atoms with Gasteiger partial charge in [0.05, 0.1) is 19.6 Å². The Morgan fingerprint density at radius 2 is 1.80 bits per heavy atom. The Kier molecular flexibility index (Phi) is 7.62. The van der Waals surface area contributed by atoms with Gasteiger partial charge in [0.25, 0.3) is 0 Å². The summed E-state index contributed by atoms with van der Waals surface area (Å²) in [4.78, 5) is 22.1. The van der Waals surface area contributed by atoms with Gasteiger partial charge in [-0.1, -0.05) is 0 Å². The number of esters is 2. The molecule has 0 aromatic heterocycles. The van der Waals surface area contributed by atoms with Crippen LogP contribution >= 0.6 is 0 Å². The van der Waals surface area contributed by atoms with Gasteiger partial charge in [0, 0.05) is 6.54 Å². The van der Waals surface area contributed by atoms with Crippen LogP contribution in [0.5, 0.6) is 0 Å². The monoisotopic (exact) mass is 217 g/mol. The lowest BCUT2D eigenvalue weighted by molar-refractivity contribution is -0.146. The Morgan fingerprint density at radius 3 is 2.33 bits per heavy atom. The van der Waals surface area contributed by atoms with Crippen molar-refractivity contribution < 1.29 is 19.1 Å². The molecule has 0 saturated heterocycles. The first-order valence-corrected chi connectivity index (χ1v) is 5.17. The zero-order valence-electron chi connectivity index (χ0n) is 9.54. The van der Waals surface area contributed by atoms with Crippen molar-refractivity contribution in [2.45, 2.75) is 33.2 Å². The molecule has 0 fully saturated rings. The molecule has 1 N–H and O–H groups in total. The second-order valence-corrected chi connectivity index (χ2v) is 2.98. The smallest absolute Gasteiger partial charge is 0.322 e. The first-order valence-electron chi connectivity index (χ1n) is 5.17. The van der Waals surface area contributed by atoms with Crippen molar-refractivity contribution in [3.05, 3.63) is 0 Å². The summed E-state index contributed by atoms with van der Waals surface area (Å²) >= 11 is 0. The summed E-state index contributed by atoms with van der Waals surface area (Å²) in [5, 5.41) is 2.88. The van der Waals surface area contributed by atoms with Crippen molar-refractivity contribution in [1.29, 1.82) is 0 Å². The molecule has 0 aliphatic heterocycles. The molecule has 0 bridgehead atoms. The number of hydrogen-bond acceptors (Lipinski definition) is 5. The molecule has 0 rings (SSSR count). The van der Waals surface area contributed by atoms with Gasteiger partial charge < -0.3 is 14.8 Å². The van der Waals surface area contributed by atoms with Crippen molar-refractivity contribution in [2.75, 3.05) is 19.8 Å². The van der Waals surface area contributed by atoms with Gasteiger partial charge >= 0.3 is 11.9 Å². The fourth-order valence-electron chi connectivity index (χ4n) is 0.974. The Hall–Kier alpha value is -1.10. The molecule has 0 spiro atoms. The molecule has 0 aliphatic rings. The quantitative estimate of drug-likeness (QED) is 0.628. The van der Waals surface area contributed by atoms with E-state index in [9.17, 15) is 9.59 Å². The highest BCUT2D eigenvalue weighted by Crippen LogP contribution is 1.90. The lowest BCUT2D eigenvalue weighted by atomic mass is 10.3. The summed E-state index contributed by atoms with van der Waals surface area (Å²) in [5.74, 6) is -0.567. The first kappa shape index (κ1) is 13.9. The van der Waals surface area contributed by atoms with Crippen molar-refractivity contribution in [2.24, 2.45) is 0 Å². The summed E-state index contributed by atoms with van der Waals surface area (Å²) in [6, 6.07) is -0.389. The van der Waals surface area contributed by atoms with Gasteiger partial charge in [-0.05, 0) is 20.8 Å². The Bertz CT molecular complexity index is 206. The number of carbonyl (C=O) groups excluding carboxylic acids is 2. The molecule has 0 aromatic rings.